The van der Waals surface area contributed by atoms with Crippen LogP contribution >= 0.6 is 27.5 Å². The van der Waals surface area contributed by atoms with Crippen LogP contribution in [0.4, 0.5) is 0 Å². The van der Waals surface area contributed by atoms with Crippen molar-refractivity contribution >= 4 is 27.5 Å². The molecule has 0 amide bonds. The summed E-state index contributed by atoms with van der Waals surface area (Å²) < 4.78 is 6.42. The van der Waals surface area contributed by atoms with Crippen LogP contribution in [0.5, 0.6) is 11.5 Å². The first-order chi connectivity index (χ1) is 8.15. The fourth-order valence-corrected chi connectivity index (χ4v) is 1.79. The molecule has 0 bridgehead atoms. The molecule has 1 N–H and O–H groups in total. The highest BCUT2D eigenvalue weighted by Gasteiger charge is 2.00. The summed E-state index contributed by atoms with van der Waals surface area (Å²) in [5.74, 6) is 0.936. The molecule has 0 aliphatic rings. The van der Waals surface area contributed by atoms with E-state index in [-0.39, 0.29) is 5.75 Å². The van der Waals surface area contributed by atoms with Gasteiger partial charge in [0.1, 0.15) is 18.1 Å². The summed E-state index contributed by atoms with van der Waals surface area (Å²) in [6, 6.07) is 12.3. The Morgan fingerprint density at radius 1 is 1.12 bits per heavy atom. The van der Waals surface area contributed by atoms with E-state index in [1.54, 1.807) is 24.3 Å². The maximum Gasteiger partial charge on any atom is 0.120 e. The smallest absolute Gasteiger partial charge is 0.120 e. The number of phenolic OH excluding ortho intramolecular Hbond substituents is 1. The van der Waals surface area contributed by atoms with E-state index in [4.69, 9.17) is 21.4 Å². The van der Waals surface area contributed by atoms with Gasteiger partial charge in [0.05, 0.1) is 5.02 Å². The lowest BCUT2D eigenvalue weighted by atomic mass is 10.2. The quantitative estimate of drug-likeness (QED) is 0.911. The second-order valence-corrected chi connectivity index (χ2v) is 4.79. The van der Waals surface area contributed by atoms with Crippen LogP contribution in [-0.2, 0) is 6.61 Å². The van der Waals surface area contributed by atoms with Crippen molar-refractivity contribution in [2.24, 2.45) is 0 Å². The zero-order valence-corrected chi connectivity index (χ0v) is 11.2. The summed E-state index contributed by atoms with van der Waals surface area (Å²) in [4.78, 5) is 0. The monoisotopic (exact) mass is 312 g/mol. The van der Waals surface area contributed by atoms with Crippen LogP contribution in [0.25, 0.3) is 0 Å². The molecule has 0 radical (unpaired) electrons. The zero-order chi connectivity index (χ0) is 12.3. The van der Waals surface area contributed by atoms with Crippen LogP contribution in [0.2, 0.25) is 5.02 Å². The van der Waals surface area contributed by atoms with Crippen molar-refractivity contribution in [2.75, 3.05) is 0 Å². The van der Waals surface area contributed by atoms with Crippen molar-refractivity contribution in [3.8, 4) is 11.5 Å². The van der Waals surface area contributed by atoms with Gasteiger partial charge in [0, 0.05) is 4.47 Å². The number of phenols is 1. The highest BCUT2D eigenvalue weighted by molar-refractivity contribution is 9.10. The van der Waals surface area contributed by atoms with Crippen LogP contribution in [-0.4, -0.2) is 5.11 Å². The summed E-state index contributed by atoms with van der Waals surface area (Å²) in [5, 5.41) is 9.79. The number of aromatic hydroxyl groups is 1. The zero-order valence-electron chi connectivity index (χ0n) is 8.86. The SMILES string of the molecule is Oc1ccc(OCc2ccc(Br)c(Cl)c2)cc1. The normalized spacial score (nSPS) is 10.2. The first-order valence-electron chi connectivity index (χ1n) is 5.01. The Morgan fingerprint density at radius 2 is 1.82 bits per heavy atom. The molecular weight excluding hydrogens is 303 g/mol. The third-order valence-electron chi connectivity index (χ3n) is 2.23. The molecule has 2 aromatic carbocycles. The Hall–Kier alpha value is -1.19. The van der Waals surface area contributed by atoms with E-state index >= 15 is 0 Å². The lowest BCUT2D eigenvalue weighted by Gasteiger charge is -2.07. The van der Waals surface area contributed by atoms with E-state index in [1.165, 1.54) is 0 Å². The highest BCUT2D eigenvalue weighted by Crippen LogP contribution is 2.24. The Morgan fingerprint density at radius 3 is 2.47 bits per heavy atom. The molecular formula is C13H10BrClO2. The van der Waals surface area contributed by atoms with Crippen LogP contribution < -0.4 is 4.74 Å². The van der Waals surface area contributed by atoms with Gasteiger partial charge in [0.15, 0.2) is 0 Å². The first-order valence-corrected chi connectivity index (χ1v) is 6.18. The predicted molar refractivity (Wildman–Crippen MR) is 71.6 cm³/mol. The second-order valence-electron chi connectivity index (χ2n) is 3.53. The van der Waals surface area contributed by atoms with Crippen molar-refractivity contribution < 1.29 is 9.84 Å². The molecule has 0 aromatic heterocycles. The first kappa shape index (κ1) is 12.3. The summed E-state index contributed by atoms with van der Waals surface area (Å²) in [6.45, 7) is 0.442. The third-order valence-corrected chi connectivity index (χ3v) is 3.46. The third kappa shape index (κ3) is 3.38. The summed E-state index contributed by atoms with van der Waals surface area (Å²) in [7, 11) is 0. The van der Waals surface area contributed by atoms with Crippen molar-refractivity contribution in [3.05, 3.63) is 57.5 Å². The van der Waals surface area contributed by atoms with Gasteiger partial charge < -0.3 is 9.84 Å². The average Bonchev–Trinajstić information content (AvgIpc) is 2.33. The van der Waals surface area contributed by atoms with Crippen LogP contribution in [0.15, 0.2) is 46.9 Å². The second kappa shape index (κ2) is 5.43. The minimum absolute atomic E-state index is 0.226. The number of ether oxygens (including phenoxy) is 1. The van der Waals surface area contributed by atoms with E-state index in [0.29, 0.717) is 17.4 Å². The Kier molecular flexibility index (Phi) is 3.92. The molecule has 0 saturated heterocycles. The summed E-state index contributed by atoms with van der Waals surface area (Å²) >= 11 is 9.31. The summed E-state index contributed by atoms with van der Waals surface area (Å²) in [5.41, 5.74) is 0.992. The maximum absolute atomic E-state index is 9.13. The lowest BCUT2D eigenvalue weighted by molar-refractivity contribution is 0.305. The van der Waals surface area contributed by atoms with Crippen LogP contribution in [0, 0.1) is 0 Å². The van der Waals surface area contributed by atoms with Gasteiger partial charge in [0.2, 0.25) is 0 Å². The van der Waals surface area contributed by atoms with Gasteiger partial charge in [0.25, 0.3) is 0 Å². The Balaban J connectivity index is 2.02. The molecule has 2 aromatic rings. The molecule has 2 nitrogen and oxygen atoms in total. The topological polar surface area (TPSA) is 29.5 Å². The maximum atomic E-state index is 9.13. The molecule has 0 spiro atoms. The highest BCUT2D eigenvalue weighted by atomic mass is 79.9. The fraction of sp³-hybridized carbons (Fsp3) is 0.0769. The Labute approximate surface area is 113 Å². The van der Waals surface area contributed by atoms with Gasteiger partial charge in [-0.25, -0.2) is 0 Å². The van der Waals surface area contributed by atoms with E-state index < -0.39 is 0 Å². The van der Waals surface area contributed by atoms with E-state index in [2.05, 4.69) is 15.9 Å². The van der Waals surface area contributed by atoms with Crippen molar-refractivity contribution in [1.82, 2.24) is 0 Å². The van der Waals surface area contributed by atoms with Gasteiger partial charge in [-0.15, -0.1) is 0 Å². The minimum Gasteiger partial charge on any atom is -0.508 e. The molecule has 2 rings (SSSR count). The van der Waals surface area contributed by atoms with Crippen LogP contribution in [0.1, 0.15) is 5.56 Å². The molecule has 0 aliphatic heterocycles. The number of hydrogen-bond donors (Lipinski definition) is 1. The van der Waals surface area contributed by atoms with Crippen molar-refractivity contribution in [3.63, 3.8) is 0 Å². The van der Waals surface area contributed by atoms with Gasteiger partial charge in [-0.05, 0) is 57.9 Å². The lowest BCUT2D eigenvalue weighted by Crippen LogP contribution is -1.95. The van der Waals surface area contributed by atoms with E-state index in [9.17, 15) is 0 Å². The van der Waals surface area contributed by atoms with Gasteiger partial charge >= 0.3 is 0 Å². The molecule has 0 fully saturated rings. The Bertz CT molecular complexity index is 511. The van der Waals surface area contributed by atoms with E-state index in [0.717, 1.165) is 10.0 Å². The van der Waals surface area contributed by atoms with Crippen LogP contribution in [0.3, 0.4) is 0 Å². The van der Waals surface area contributed by atoms with E-state index in [1.807, 2.05) is 18.2 Å². The fourth-order valence-electron chi connectivity index (χ4n) is 1.34. The minimum atomic E-state index is 0.226. The van der Waals surface area contributed by atoms with Crippen molar-refractivity contribution in [1.29, 1.82) is 0 Å². The molecule has 0 heterocycles. The summed E-state index contributed by atoms with van der Waals surface area (Å²) in [6.07, 6.45) is 0. The largest absolute Gasteiger partial charge is 0.508 e. The average molecular weight is 314 g/mol. The standard InChI is InChI=1S/C13H10BrClO2/c14-12-6-1-9(7-13(12)15)8-17-11-4-2-10(16)3-5-11/h1-7,16H,8H2. The van der Waals surface area contributed by atoms with Gasteiger partial charge in [-0.2, -0.15) is 0 Å². The molecule has 0 atom stereocenters. The molecule has 0 aliphatic carbocycles. The molecule has 88 valence electrons. The van der Waals surface area contributed by atoms with Gasteiger partial charge in [-0.1, -0.05) is 17.7 Å². The predicted octanol–water partition coefficient (Wildman–Crippen LogP) is 4.39. The molecule has 17 heavy (non-hydrogen) atoms. The molecule has 0 unspecified atom stereocenters. The number of halogens is 2. The number of hydrogen-bond acceptors (Lipinski definition) is 2. The van der Waals surface area contributed by atoms with Crippen molar-refractivity contribution in [2.45, 2.75) is 6.61 Å². The molecule has 4 heteroatoms. The number of rotatable bonds is 3. The van der Waals surface area contributed by atoms with Gasteiger partial charge in [-0.3, -0.25) is 0 Å². The molecule has 0 saturated carbocycles. The number of benzene rings is 2.